The van der Waals surface area contributed by atoms with Crippen LogP contribution in [0.5, 0.6) is 0 Å². The van der Waals surface area contributed by atoms with Gasteiger partial charge in [0.05, 0.1) is 11.6 Å². The zero-order valence-corrected chi connectivity index (χ0v) is 13.0. The first-order valence-electron chi connectivity index (χ1n) is 6.04. The van der Waals surface area contributed by atoms with E-state index in [2.05, 4.69) is 4.72 Å². The third kappa shape index (κ3) is 3.43. The summed E-state index contributed by atoms with van der Waals surface area (Å²) in [5.74, 6) is -0.638. The van der Waals surface area contributed by atoms with Gasteiger partial charge in [-0.25, -0.2) is 17.5 Å². The van der Waals surface area contributed by atoms with Crippen LogP contribution in [0.15, 0.2) is 12.1 Å². The quantitative estimate of drug-likeness (QED) is 0.856. The number of halogens is 3. The minimum absolute atomic E-state index is 0.0991. The fraction of sp³-hybridized carbons (Fsp3) is 0.500. The standard InChI is InChI=1S/C12H14Cl2FNO3S/c1-7(9-4-12(15)11(14)5-10(9)13)16-20(17,18)8-2-3-19-6-8/h4-5,7-8,16H,2-3,6H2,1H3/t7-,8-/m0/s1. The van der Waals surface area contributed by atoms with E-state index in [-0.39, 0.29) is 16.7 Å². The van der Waals surface area contributed by atoms with Gasteiger partial charge in [-0.3, -0.25) is 0 Å². The average molecular weight is 342 g/mol. The largest absolute Gasteiger partial charge is 0.380 e. The van der Waals surface area contributed by atoms with Crippen molar-refractivity contribution in [1.29, 1.82) is 0 Å². The third-order valence-electron chi connectivity index (χ3n) is 3.17. The molecule has 2 rings (SSSR count). The summed E-state index contributed by atoms with van der Waals surface area (Å²) in [6.07, 6.45) is 0.449. The van der Waals surface area contributed by atoms with Crippen molar-refractivity contribution < 1.29 is 17.5 Å². The Bertz CT molecular complexity index is 603. The Kier molecular flexibility index (Phi) is 4.92. The lowest BCUT2D eigenvalue weighted by Crippen LogP contribution is -2.36. The number of nitrogens with one attached hydrogen (secondary N) is 1. The van der Waals surface area contributed by atoms with E-state index in [9.17, 15) is 12.8 Å². The minimum Gasteiger partial charge on any atom is -0.380 e. The van der Waals surface area contributed by atoms with Gasteiger partial charge in [-0.2, -0.15) is 0 Å². The number of hydrogen-bond acceptors (Lipinski definition) is 3. The molecular formula is C12H14Cl2FNO3S. The van der Waals surface area contributed by atoms with Crippen molar-refractivity contribution in [3.05, 3.63) is 33.6 Å². The average Bonchev–Trinajstić information content (AvgIpc) is 2.87. The predicted molar refractivity (Wildman–Crippen MR) is 76.1 cm³/mol. The Morgan fingerprint density at radius 1 is 1.40 bits per heavy atom. The highest BCUT2D eigenvalue weighted by Crippen LogP contribution is 2.29. The molecule has 20 heavy (non-hydrogen) atoms. The van der Waals surface area contributed by atoms with Crippen LogP contribution in [0, 0.1) is 5.82 Å². The van der Waals surface area contributed by atoms with E-state index in [4.69, 9.17) is 27.9 Å². The number of sulfonamides is 1. The van der Waals surface area contributed by atoms with Gasteiger partial charge in [-0.05, 0) is 31.0 Å². The highest BCUT2D eigenvalue weighted by molar-refractivity contribution is 7.90. The van der Waals surface area contributed by atoms with E-state index >= 15 is 0 Å². The van der Waals surface area contributed by atoms with E-state index in [1.165, 1.54) is 6.07 Å². The van der Waals surface area contributed by atoms with E-state index < -0.39 is 27.1 Å². The van der Waals surface area contributed by atoms with Gasteiger partial charge in [-0.15, -0.1) is 0 Å². The first-order valence-corrected chi connectivity index (χ1v) is 8.35. The van der Waals surface area contributed by atoms with Gasteiger partial charge in [0.15, 0.2) is 0 Å². The molecule has 0 unspecified atom stereocenters. The Morgan fingerprint density at radius 3 is 2.70 bits per heavy atom. The molecule has 1 aliphatic heterocycles. The Balaban J connectivity index is 2.19. The van der Waals surface area contributed by atoms with Gasteiger partial charge >= 0.3 is 0 Å². The summed E-state index contributed by atoms with van der Waals surface area (Å²) in [5, 5.41) is -0.465. The molecule has 1 aromatic rings. The molecule has 112 valence electrons. The van der Waals surface area contributed by atoms with Crippen molar-refractivity contribution in [2.24, 2.45) is 0 Å². The zero-order chi connectivity index (χ0) is 14.9. The molecule has 1 aliphatic rings. The molecule has 1 fully saturated rings. The number of rotatable bonds is 4. The maximum absolute atomic E-state index is 13.5. The Labute approximate surface area is 127 Å². The molecule has 0 aromatic heterocycles. The summed E-state index contributed by atoms with van der Waals surface area (Å²) in [6, 6.07) is 1.75. The highest BCUT2D eigenvalue weighted by atomic mass is 35.5. The van der Waals surface area contributed by atoms with Crippen molar-refractivity contribution in [2.75, 3.05) is 13.2 Å². The summed E-state index contributed by atoms with van der Waals surface area (Å²) in [5.41, 5.74) is 0.344. The van der Waals surface area contributed by atoms with E-state index in [0.717, 1.165) is 6.07 Å². The normalized spacial score (nSPS) is 21.1. The molecule has 0 amide bonds. The maximum atomic E-state index is 13.5. The molecule has 0 radical (unpaired) electrons. The third-order valence-corrected chi connectivity index (χ3v) is 5.72. The molecule has 1 aromatic carbocycles. The number of ether oxygens (including phenoxy) is 1. The minimum atomic E-state index is -3.54. The predicted octanol–water partition coefficient (Wildman–Crippen LogP) is 2.90. The Hall–Kier alpha value is -0.400. The van der Waals surface area contributed by atoms with Crippen LogP contribution in [0.3, 0.4) is 0 Å². The van der Waals surface area contributed by atoms with E-state index in [1.54, 1.807) is 6.92 Å². The first-order chi connectivity index (χ1) is 9.31. The monoisotopic (exact) mass is 341 g/mol. The van der Waals surface area contributed by atoms with E-state index in [0.29, 0.717) is 18.6 Å². The second kappa shape index (κ2) is 6.15. The van der Waals surface area contributed by atoms with Crippen LogP contribution >= 0.6 is 23.2 Å². The van der Waals surface area contributed by atoms with Gasteiger partial charge in [-0.1, -0.05) is 23.2 Å². The highest BCUT2D eigenvalue weighted by Gasteiger charge is 2.31. The maximum Gasteiger partial charge on any atom is 0.217 e. The van der Waals surface area contributed by atoms with Crippen molar-refractivity contribution >= 4 is 33.2 Å². The van der Waals surface area contributed by atoms with Crippen molar-refractivity contribution in [2.45, 2.75) is 24.6 Å². The molecule has 4 nitrogen and oxygen atoms in total. The van der Waals surface area contributed by atoms with Gasteiger partial charge < -0.3 is 4.74 Å². The fourth-order valence-corrected chi connectivity index (χ4v) is 4.07. The molecule has 8 heteroatoms. The lowest BCUT2D eigenvalue weighted by atomic mass is 10.1. The van der Waals surface area contributed by atoms with Gasteiger partial charge in [0, 0.05) is 17.7 Å². The van der Waals surface area contributed by atoms with Crippen LogP contribution in [-0.2, 0) is 14.8 Å². The number of benzene rings is 1. The molecule has 0 spiro atoms. The summed E-state index contributed by atoms with van der Waals surface area (Å²) in [6.45, 7) is 2.20. The van der Waals surface area contributed by atoms with Crippen molar-refractivity contribution in [3.8, 4) is 0 Å². The van der Waals surface area contributed by atoms with Crippen LogP contribution < -0.4 is 4.72 Å². The Morgan fingerprint density at radius 2 is 2.10 bits per heavy atom. The second-order valence-corrected chi connectivity index (χ2v) is 7.46. The summed E-state index contributed by atoms with van der Waals surface area (Å²) >= 11 is 11.6. The molecule has 0 bridgehead atoms. The topological polar surface area (TPSA) is 55.4 Å². The van der Waals surface area contributed by atoms with Crippen LogP contribution in [0.2, 0.25) is 10.0 Å². The van der Waals surface area contributed by atoms with Gasteiger partial charge in [0.1, 0.15) is 11.1 Å². The van der Waals surface area contributed by atoms with Gasteiger partial charge in [0.25, 0.3) is 0 Å². The zero-order valence-electron chi connectivity index (χ0n) is 10.7. The molecule has 0 aliphatic carbocycles. The van der Waals surface area contributed by atoms with Crippen molar-refractivity contribution in [1.82, 2.24) is 4.72 Å². The summed E-state index contributed by atoms with van der Waals surface area (Å²) in [4.78, 5) is 0. The van der Waals surface area contributed by atoms with Gasteiger partial charge in [0.2, 0.25) is 10.0 Å². The molecule has 1 saturated heterocycles. The SMILES string of the molecule is C[C@H](NS(=O)(=O)[C@H]1CCOC1)c1cc(F)c(Cl)cc1Cl. The smallest absolute Gasteiger partial charge is 0.217 e. The fourth-order valence-electron chi connectivity index (χ4n) is 2.03. The second-order valence-electron chi connectivity index (χ2n) is 4.66. The molecule has 2 atom stereocenters. The number of hydrogen-bond donors (Lipinski definition) is 1. The lowest BCUT2D eigenvalue weighted by Gasteiger charge is -2.18. The first kappa shape index (κ1) is 16.0. The van der Waals surface area contributed by atoms with Crippen LogP contribution in [0.1, 0.15) is 24.9 Å². The van der Waals surface area contributed by atoms with Crippen molar-refractivity contribution in [3.63, 3.8) is 0 Å². The molecule has 1 heterocycles. The van der Waals surface area contributed by atoms with Crippen LogP contribution in [0.25, 0.3) is 0 Å². The summed E-state index contributed by atoms with van der Waals surface area (Å²) < 4.78 is 45.3. The van der Waals surface area contributed by atoms with E-state index in [1.807, 2.05) is 0 Å². The lowest BCUT2D eigenvalue weighted by molar-refractivity contribution is 0.198. The summed E-state index contributed by atoms with van der Waals surface area (Å²) in [7, 11) is -3.54. The molecule has 1 N–H and O–H groups in total. The molecular weight excluding hydrogens is 328 g/mol. The molecule has 0 saturated carbocycles. The van der Waals surface area contributed by atoms with Crippen LogP contribution in [-0.4, -0.2) is 26.9 Å². The van der Waals surface area contributed by atoms with Crippen LogP contribution in [0.4, 0.5) is 4.39 Å².